The van der Waals surface area contributed by atoms with E-state index in [4.69, 9.17) is 17.0 Å². The normalized spacial score (nSPS) is 11.4. The number of anilines is 1. The lowest BCUT2D eigenvalue weighted by molar-refractivity contribution is -0.142. The fraction of sp³-hybridized carbons (Fsp3) is 0.286. The lowest BCUT2D eigenvalue weighted by atomic mass is 10.0. The van der Waals surface area contributed by atoms with E-state index < -0.39 is 6.04 Å². The molecule has 0 heterocycles. The van der Waals surface area contributed by atoms with Gasteiger partial charge in [0.05, 0.1) is 7.11 Å². The predicted octanol–water partition coefficient (Wildman–Crippen LogP) is 3.31. The standard InChI is InChI=1S/C21H24N2O3S/c1-13-6-5-7-14(2)19(13)20(27)23-18(21(25)26-4)12-16-8-10-17(11-9-16)22-15(3)24/h5-11,18H,12H2,1-4H3,(H,22,24)(H,23,27). The summed E-state index contributed by atoms with van der Waals surface area (Å²) in [6.45, 7) is 5.44. The molecule has 0 aliphatic carbocycles. The monoisotopic (exact) mass is 384 g/mol. The van der Waals surface area contributed by atoms with E-state index in [9.17, 15) is 9.59 Å². The molecule has 2 N–H and O–H groups in total. The number of thiocarbonyl (C=S) groups is 1. The Labute approximate surface area is 165 Å². The smallest absolute Gasteiger partial charge is 0.328 e. The molecule has 2 aromatic carbocycles. The second kappa shape index (κ2) is 9.28. The zero-order valence-electron chi connectivity index (χ0n) is 16.0. The average Bonchev–Trinajstić information content (AvgIpc) is 2.61. The first kappa shape index (κ1) is 20.6. The second-order valence-corrected chi connectivity index (χ2v) is 6.81. The number of aryl methyl sites for hydroxylation is 2. The molecule has 0 bridgehead atoms. The Bertz CT molecular complexity index is 827. The molecule has 6 heteroatoms. The fourth-order valence-corrected chi connectivity index (χ4v) is 3.37. The van der Waals surface area contributed by atoms with E-state index in [1.807, 2.05) is 44.2 Å². The highest BCUT2D eigenvalue weighted by Gasteiger charge is 2.22. The summed E-state index contributed by atoms with van der Waals surface area (Å²) >= 11 is 5.56. The van der Waals surface area contributed by atoms with Crippen LogP contribution in [-0.2, 0) is 20.7 Å². The van der Waals surface area contributed by atoms with Gasteiger partial charge in [0.25, 0.3) is 0 Å². The van der Waals surface area contributed by atoms with Crippen molar-refractivity contribution in [3.8, 4) is 0 Å². The molecule has 0 saturated carbocycles. The van der Waals surface area contributed by atoms with Crippen LogP contribution in [0.2, 0.25) is 0 Å². The molecular formula is C21H24N2O3S. The maximum Gasteiger partial charge on any atom is 0.328 e. The Morgan fingerprint density at radius 3 is 2.19 bits per heavy atom. The Morgan fingerprint density at radius 2 is 1.67 bits per heavy atom. The molecule has 1 atom stereocenters. The molecule has 1 unspecified atom stereocenters. The average molecular weight is 385 g/mol. The molecule has 0 aliphatic heterocycles. The zero-order chi connectivity index (χ0) is 20.0. The van der Waals surface area contributed by atoms with Crippen LogP contribution < -0.4 is 10.6 Å². The third-order valence-electron chi connectivity index (χ3n) is 4.21. The molecule has 0 spiro atoms. The zero-order valence-corrected chi connectivity index (χ0v) is 16.8. The van der Waals surface area contributed by atoms with Gasteiger partial charge in [0, 0.05) is 24.6 Å². The van der Waals surface area contributed by atoms with Crippen molar-refractivity contribution in [2.45, 2.75) is 33.2 Å². The van der Waals surface area contributed by atoms with E-state index in [2.05, 4.69) is 10.6 Å². The minimum atomic E-state index is -0.604. The van der Waals surface area contributed by atoms with Crippen molar-refractivity contribution in [3.05, 3.63) is 64.7 Å². The molecule has 0 saturated heterocycles. The number of hydrogen-bond donors (Lipinski definition) is 2. The molecule has 1 amide bonds. The Hall–Kier alpha value is -2.73. The summed E-state index contributed by atoms with van der Waals surface area (Å²) in [5.41, 5.74) is 4.67. The van der Waals surface area contributed by atoms with Crippen molar-refractivity contribution < 1.29 is 14.3 Å². The number of methoxy groups -OCH3 is 1. The van der Waals surface area contributed by atoms with Gasteiger partial charge in [-0.3, -0.25) is 4.79 Å². The molecule has 5 nitrogen and oxygen atoms in total. The van der Waals surface area contributed by atoms with Gasteiger partial charge in [-0.05, 0) is 42.7 Å². The van der Waals surface area contributed by atoms with Crippen molar-refractivity contribution >= 4 is 34.8 Å². The molecule has 0 aromatic heterocycles. The molecule has 0 fully saturated rings. The summed E-state index contributed by atoms with van der Waals surface area (Å²) in [4.78, 5) is 23.9. The van der Waals surface area contributed by atoms with Crippen LogP contribution in [0, 0.1) is 13.8 Å². The number of ether oxygens (including phenoxy) is 1. The molecule has 2 aromatic rings. The van der Waals surface area contributed by atoms with E-state index in [1.165, 1.54) is 14.0 Å². The van der Waals surface area contributed by atoms with Gasteiger partial charge in [-0.2, -0.15) is 0 Å². The third-order valence-corrected chi connectivity index (χ3v) is 4.54. The van der Waals surface area contributed by atoms with E-state index in [0.29, 0.717) is 17.1 Å². The number of nitrogens with one attached hydrogen (secondary N) is 2. The van der Waals surface area contributed by atoms with Crippen LogP contribution in [0.1, 0.15) is 29.2 Å². The van der Waals surface area contributed by atoms with Crippen molar-refractivity contribution in [1.82, 2.24) is 5.32 Å². The topological polar surface area (TPSA) is 67.4 Å². The highest BCUT2D eigenvalue weighted by molar-refractivity contribution is 7.80. The minimum absolute atomic E-state index is 0.129. The van der Waals surface area contributed by atoms with Crippen LogP contribution in [0.25, 0.3) is 0 Å². The van der Waals surface area contributed by atoms with Gasteiger partial charge in [-0.1, -0.05) is 42.5 Å². The molecule has 27 heavy (non-hydrogen) atoms. The molecule has 2 rings (SSSR count). The van der Waals surface area contributed by atoms with Crippen LogP contribution in [0.4, 0.5) is 5.69 Å². The van der Waals surface area contributed by atoms with Crippen LogP contribution in [0.3, 0.4) is 0 Å². The summed E-state index contributed by atoms with van der Waals surface area (Å²) < 4.78 is 4.94. The van der Waals surface area contributed by atoms with E-state index in [0.717, 1.165) is 22.3 Å². The molecule has 142 valence electrons. The van der Waals surface area contributed by atoms with Crippen LogP contribution in [0.15, 0.2) is 42.5 Å². The molecule has 0 radical (unpaired) electrons. The van der Waals surface area contributed by atoms with Crippen LogP contribution >= 0.6 is 12.2 Å². The van der Waals surface area contributed by atoms with Gasteiger partial charge in [-0.15, -0.1) is 0 Å². The number of rotatable bonds is 6. The van der Waals surface area contributed by atoms with Gasteiger partial charge in [-0.25, -0.2) is 4.79 Å². The van der Waals surface area contributed by atoms with E-state index >= 15 is 0 Å². The highest BCUT2D eigenvalue weighted by atomic mass is 32.1. The summed E-state index contributed by atoms with van der Waals surface area (Å²) in [6, 6.07) is 12.7. The predicted molar refractivity (Wildman–Crippen MR) is 111 cm³/mol. The van der Waals surface area contributed by atoms with Gasteiger partial charge in [0.1, 0.15) is 11.0 Å². The van der Waals surface area contributed by atoms with Crippen molar-refractivity contribution in [2.75, 3.05) is 12.4 Å². The SMILES string of the molecule is COC(=O)C(Cc1ccc(NC(C)=O)cc1)NC(=S)c1c(C)cccc1C. The van der Waals surface area contributed by atoms with E-state index in [-0.39, 0.29) is 11.9 Å². The Balaban J connectivity index is 2.17. The number of benzene rings is 2. The molecule has 0 aliphatic rings. The number of carbonyl (C=O) groups excluding carboxylic acids is 2. The molecular weight excluding hydrogens is 360 g/mol. The van der Waals surface area contributed by atoms with Crippen LogP contribution in [0.5, 0.6) is 0 Å². The third kappa shape index (κ3) is 5.62. The lowest BCUT2D eigenvalue weighted by Gasteiger charge is -2.20. The van der Waals surface area contributed by atoms with Crippen molar-refractivity contribution in [2.24, 2.45) is 0 Å². The first-order valence-electron chi connectivity index (χ1n) is 8.63. The first-order valence-corrected chi connectivity index (χ1v) is 9.04. The summed E-state index contributed by atoms with van der Waals surface area (Å²) in [5, 5.41) is 5.87. The van der Waals surface area contributed by atoms with Gasteiger partial charge in [0.15, 0.2) is 0 Å². The van der Waals surface area contributed by atoms with Crippen molar-refractivity contribution in [1.29, 1.82) is 0 Å². The summed E-state index contributed by atoms with van der Waals surface area (Å²) in [6.07, 6.45) is 0.415. The largest absolute Gasteiger partial charge is 0.467 e. The fourth-order valence-electron chi connectivity index (χ4n) is 2.90. The van der Waals surface area contributed by atoms with Gasteiger partial charge in [0.2, 0.25) is 5.91 Å². The van der Waals surface area contributed by atoms with Crippen LogP contribution in [-0.4, -0.2) is 30.0 Å². The van der Waals surface area contributed by atoms with E-state index in [1.54, 1.807) is 12.1 Å². The number of hydrogen-bond acceptors (Lipinski definition) is 4. The highest BCUT2D eigenvalue weighted by Crippen LogP contribution is 2.16. The van der Waals surface area contributed by atoms with Gasteiger partial charge < -0.3 is 15.4 Å². The maximum atomic E-state index is 12.3. The quantitative estimate of drug-likeness (QED) is 0.591. The minimum Gasteiger partial charge on any atom is -0.467 e. The van der Waals surface area contributed by atoms with Crippen molar-refractivity contribution in [3.63, 3.8) is 0 Å². The number of carbonyl (C=O) groups is 2. The number of amides is 1. The Morgan fingerprint density at radius 1 is 1.07 bits per heavy atom. The van der Waals surface area contributed by atoms with Gasteiger partial charge >= 0.3 is 5.97 Å². The lowest BCUT2D eigenvalue weighted by Crippen LogP contribution is -2.43. The maximum absolute atomic E-state index is 12.3. The second-order valence-electron chi connectivity index (χ2n) is 6.40. The number of esters is 1. The summed E-state index contributed by atoms with van der Waals surface area (Å²) in [5.74, 6) is -0.509. The Kier molecular flexibility index (Phi) is 7.07. The summed E-state index contributed by atoms with van der Waals surface area (Å²) in [7, 11) is 1.36. The first-order chi connectivity index (χ1) is 12.8.